The first kappa shape index (κ1) is 15.3. The van der Waals surface area contributed by atoms with Gasteiger partial charge in [0.1, 0.15) is 0 Å². The molecule has 1 amide bonds. The fourth-order valence-electron chi connectivity index (χ4n) is 2.52. The van der Waals surface area contributed by atoms with Crippen LogP contribution in [0.1, 0.15) is 45.1 Å². The van der Waals surface area contributed by atoms with E-state index in [1.54, 1.807) is 0 Å². The van der Waals surface area contributed by atoms with Crippen LogP contribution in [0.2, 0.25) is 5.02 Å². The van der Waals surface area contributed by atoms with E-state index in [9.17, 15) is 4.79 Å². The van der Waals surface area contributed by atoms with E-state index in [1.165, 1.54) is 5.56 Å². The minimum absolute atomic E-state index is 0.0590. The zero-order valence-corrected chi connectivity index (χ0v) is 13.1. The lowest BCUT2D eigenvalue weighted by Crippen LogP contribution is -2.49. The summed E-state index contributed by atoms with van der Waals surface area (Å²) in [6.07, 6.45) is 2.15. The van der Waals surface area contributed by atoms with E-state index in [-0.39, 0.29) is 11.4 Å². The maximum atomic E-state index is 11.7. The predicted octanol–water partition coefficient (Wildman–Crippen LogP) is 3.09. The molecule has 110 valence electrons. The van der Waals surface area contributed by atoms with Gasteiger partial charge < -0.3 is 10.6 Å². The first-order chi connectivity index (χ1) is 9.33. The van der Waals surface area contributed by atoms with Crippen LogP contribution >= 0.6 is 11.6 Å². The van der Waals surface area contributed by atoms with Crippen molar-refractivity contribution in [3.8, 4) is 0 Å². The molecule has 0 unspecified atom stereocenters. The second kappa shape index (κ2) is 6.15. The first-order valence-corrected chi connectivity index (χ1v) is 7.51. The number of nitrogens with one attached hydrogen (secondary N) is 2. The van der Waals surface area contributed by atoms with Gasteiger partial charge >= 0.3 is 0 Å². The van der Waals surface area contributed by atoms with Crippen LogP contribution in [0.4, 0.5) is 0 Å². The third kappa shape index (κ3) is 4.50. The Bertz CT molecular complexity index is 476. The summed E-state index contributed by atoms with van der Waals surface area (Å²) >= 11 is 6.00. The van der Waals surface area contributed by atoms with E-state index in [0.29, 0.717) is 18.5 Å². The maximum Gasteiger partial charge on any atom is 0.234 e. The average Bonchev–Trinajstić information content (AvgIpc) is 2.24. The monoisotopic (exact) mass is 294 g/mol. The van der Waals surface area contributed by atoms with Crippen LogP contribution in [0.25, 0.3) is 0 Å². The molecular weight excluding hydrogens is 272 g/mol. The standard InChI is InChI=1S/C16H23ClN2O/c1-16(2,3)19-15(20)10-18-14-8-12(9-14)11-5-4-6-13(17)7-11/h4-7,12,14,18H,8-10H2,1-3H3,(H,19,20). The van der Waals surface area contributed by atoms with Gasteiger partial charge in [0, 0.05) is 16.6 Å². The maximum absolute atomic E-state index is 11.7. The van der Waals surface area contributed by atoms with Crippen LogP contribution in [0, 0.1) is 0 Å². The van der Waals surface area contributed by atoms with Crippen molar-refractivity contribution < 1.29 is 4.79 Å². The van der Waals surface area contributed by atoms with Gasteiger partial charge in [-0.2, -0.15) is 0 Å². The Labute approximate surface area is 126 Å². The van der Waals surface area contributed by atoms with Crippen LogP contribution < -0.4 is 10.6 Å². The van der Waals surface area contributed by atoms with Crippen molar-refractivity contribution in [2.75, 3.05) is 6.54 Å². The van der Waals surface area contributed by atoms with Crippen molar-refractivity contribution in [1.82, 2.24) is 10.6 Å². The van der Waals surface area contributed by atoms with Gasteiger partial charge in [0.2, 0.25) is 5.91 Å². The fraction of sp³-hybridized carbons (Fsp3) is 0.562. The molecule has 1 aromatic rings. The molecule has 2 rings (SSSR count). The van der Waals surface area contributed by atoms with Gasteiger partial charge in [0.05, 0.1) is 6.54 Å². The van der Waals surface area contributed by atoms with Crippen LogP contribution in [-0.2, 0) is 4.79 Å². The lowest BCUT2D eigenvalue weighted by atomic mass is 9.76. The Morgan fingerprint density at radius 2 is 2.05 bits per heavy atom. The number of benzene rings is 1. The molecule has 1 fully saturated rings. The van der Waals surface area contributed by atoms with Gasteiger partial charge in [-0.1, -0.05) is 23.7 Å². The van der Waals surface area contributed by atoms with Crippen molar-refractivity contribution in [2.45, 2.75) is 51.1 Å². The molecule has 0 spiro atoms. The Morgan fingerprint density at radius 1 is 1.35 bits per heavy atom. The van der Waals surface area contributed by atoms with Crippen molar-refractivity contribution in [2.24, 2.45) is 0 Å². The second-order valence-electron chi connectivity index (χ2n) is 6.60. The first-order valence-electron chi connectivity index (χ1n) is 7.13. The van der Waals surface area contributed by atoms with E-state index < -0.39 is 0 Å². The number of amides is 1. The average molecular weight is 295 g/mol. The van der Waals surface area contributed by atoms with E-state index in [4.69, 9.17) is 11.6 Å². The van der Waals surface area contributed by atoms with E-state index >= 15 is 0 Å². The zero-order valence-electron chi connectivity index (χ0n) is 12.4. The van der Waals surface area contributed by atoms with Gasteiger partial charge in [-0.05, 0) is 57.2 Å². The Hall–Kier alpha value is -1.06. The molecule has 0 heterocycles. The summed E-state index contributed by atoms with van der Waals surface area (Å²) < 4.78 is 0. The SMILES string of the molecule is CC(C)(C)NC(=O)CNC1CC(c2cccc(Cl)c2)C1. The molecule has 1 aliphatic rings. The summed E-state index contributed by atoms with van der Waals surface area (Å²) in [4.78, 5) is 11.7. The molecule has 0 saturated heterocycles. The predicted molar refractivity (Wildman–Crippen MR) is 83.1 cm³/mol. The normalized spacial score (nSPS) is 22.2. The summed E-state index contributed by atoms with van der Waals surface area (Å²) in [5, 5.41) is 7.06. The molecule has 3 nitrogen and oxygen atoms in total. The van der Waals surface area contributed by atoms with Crippen molar-refractivity contribution >= 4 is 17.5 Å². The topological polar surface area (TPSA) is 41.1 Å². The molecule has 0 radical (unpaired) electrons. The summed E-state index contributed by atoms with van der Waals surface area (Å²) in [7, 11) is 0. The quantitative estimate of drug-likeness (QED) is 0.896. The Kier molecular flexibility index (Phi) is 4.71. The Balaban J connectivity index is 1.71. The second-order valence-corrected chi connectivity index (χ2v) is 7.04. The highest BCUT2D eigenvalue weighted by Crippen LogP contribution is 2.37. The molecule has 0 bridgehead atoms. The van der Waals surface area contributed by atoms with E-state index in [0.717, 1.165) is 17.9 Å². The number of halogens is 1. The van der Waals surface area contributed by atoms with E-state index in [1.807, 2.05) is 39.0 Å². The number of carbonyl (C=O) groups is 1. The third-order valence-corrected chi connectivity index (χ3v) is 3.76. The molecule has 1 aromatic carbocycles. The molecule has 1 saturated carbocycles. The van der Waals surface area contributed by atoms with Gasteiger partial charge in [-0.15, -0.1) is 0 Å². The largest absolute Gasteiger partial charge is 0.350 e. The highest BCUT2D eigenvalue weighted by molar-refractivity contribution is 6.30. The highest BCUT2D eigenvalue weighted by atomic mass is 35.5. The smallest absolute Gasteiger partial charge is 0.234 e. The summed E-state index contributed by atoms with van der Waals surface area (Å²) in [6, 6.07) is 8.49. The van der Waals surface area contributed by atoms with Crippen LogP contribution in [-0.4, -0.2) is 24.0 Å². The van der Waals surface area contributed by atoms with Crippen molar-refractivity contribution in [1.29, 1.82) is 0 Å². The molecule has 0 aliphatic heterocycles. The molecule has 4 heteroatoms. The van der Waals surface area contributed by atoms with Gasteiger partial charge in [0.15, 0.2) is 0 Å². The fourth-order valence-corrected chi connectivity index (χ4v) is 2.72. The lowest BCUT2D eigenvalue weighted by molar-refractivity contribution is -0.121. The minimum atomic E-state index is -0.165. The number of hydrogen-bond donors (Lipinski definition) is 2. The number of carbonyl (C=O) groups excluding carboxylic acids is 1. The van der Waals surface area contributed by atoms with Gasteiger partial charge in [-0.25, -0.2) is 0 Å². The number of rotatable bonds is 4. The van der Waals surface area contributed by atoms with Crippen LogP contribution in [0.15, 0.2) is 24.3 Å². The molecular formula is C16H23ClN2O. The molecule has 20 heavy (non-hydrogen) atoms. The summed E-state index contributed by atoms with van der Waals surface area (Å²) in [5.41, 5.74) is 1.14. The molecule has 0 atom stereocenters. The Morgan fingerprint density at radius 3 is 2.65 bits per heavy atom. The van der Waals surface area contributed by atoms with Crippen molar-refractivity contribution in [3.05, 3.63) is 34.9 Å². The van der Waals surface area contributed by atoms with Gasteiger partial charge in [0.25, 0.3) is 0 Å². The van der Waals surface area contributed by atoms with E-state index in [2.05, 4.69) is 16.7 Å². The van der Waals surface area contributed by atoms with Gasteiger partial charge in [-0.3, -0.25) is 4.79 Å². The van der Waals surface area contributed by atoms with Crippen molar-refractivity contribution in [3.63, 3.8) is 0 Å². The third-order valence-electron chi connectivity index (χ3n) is 3.52. The molecule has 2 N–H and O–H groups in total. The zero-order chi connectivity index (χ0) is 14.8. The molecule has 1 aliphatic carbocycles. The van der Waals surface area contributed by atoms with Crippen LogP contribution in [0.5, 0.6) is 0 Å². The minimum Gasteiger partial charge on any atom is -0.350 e. The lowest BCUT2D eigenvalue weighted by Gasteiger charge is -2.36. The molecule has 0 aromatic heterocycles. The highest BCUT2D eigenvalue weighted by Gasteiger charge is 2.30. The summed E-state index contributed by atoms with van der Waals surface area (Å²) in [5.74, 6) is 0.626. The number of hydrogen-bond acceptors (Lipinski definition) is 2. The van der Waals surface area contributed by atoms with Crippen LogP contribution in [0.3, 0.4) is 0 Å². The summed E-state index contributed by atoms with van der Waals surface area (Å²) in [6.45, 7) is 6.36.